The zero-order valence-electron chi connectivity index (χ0n) is 16.0. The number of carbonyl (C=O) groups excluding carboxylic acids is 1. The van der Waals surface area contributed by atoms with Crippen molar-refractivity contribution in [3.63, 3.8) is 0 Å². The van der Waals surface area contributed by atoms with Crippen molar-refractivity contribution < 1.29 is 13.2 Å². The van der Waals surface area contributed by atoms with Crippen LogP contribution in [0.1, 0.15) is 56.9 Å². The van der Waals surface area contributed by atoms with Gasteiger partial charge >= 0.3 is 0 Å². The van der Waals surface area contributed by atoms with Crippen LogP contribution in [0.3, 0.4) is 0 Å². The quantitative estimate of drug-likeness (QED) is 0.692. The molecule has 0 bridgehead atoms. The summed E-state index contributed by atoms with van der Waals surface area (Å²) >= 11 is 0. The zero-order chi connectivity index (χ0) is 19.1. The Kier molecular flexibility index (Phi) is 7.07. The van der Waals surface area contributed by atoms with E-state index in [1.807, 2.05) is 12.1 Å². The molecule has 0 unspecified atom stereocenters. The number of aryl methyl sites for hydroxylation is 1. The predicted octanol–water partition coefficient (Wildman–Crippen LogP) is 3.41. The van der Waals surface area contributed by atoms with Gasteiger partial charge in [0, 0.05) is 26.1 Å². The lowest BCUT2D eigenvalue weighted by Crippen LogP contribution is -2.27. The third kappa shape index (κ3) is 5.66. The lowest BCUT2D eigenvalue weighted by molar-refractivity contribution is -0.121. The summed E-state index contributed by atoms with van der Waals surface area (Å²) in [6.07, 6.45) is 11.1. The van der Waals surface area contributed by atoms with Gasteiger partial charge in [0.1, 0.15) is 0 Å². The first-order valence-corrected chi connectivity index (χ1v) is 11.5. The monoisotopic (exact) mass is 390 g/mol. The van der Waals surface area contributed by atoms with Crippen molar-refractivity contribution in [3.05, 3.63) is 41.5 Å². The highest BCUT2D eigenvalue weighted by molar-refractivity contribution is 7.89. The van der Waals surface area contributed by atoms with Crippen LogP contribution < -0.4 is 5.32 Å². The van der Waals surface area contributed by atoms with E-state index in [-0.39, 0.29) is 5.91 Å². The second kappa shape index (κ2) is 9.51. The topological polar surface area (TPSA) is 66.5 Å². The predicted molar refractivity (Wildman–Crippen MR) is 107 cm³/mol. The Labute approximate surface area is 162 Å². The van der Waals surface area contributed by atoms with Crippen molar-refractivity contribution in [2.45, 2.75) is 62.7 Å². The van der Waals surface area contributed by atoms with E-state index >= 15 is 0 Å². The molecule has 3 rings (SSSR count). The summed E-state index contributed by atoms with van der Waals surface area (Å²) in [6, 6.07) is 6.97. The highest BCUT2D eigenvalue weighted by Crippen LogP contribution is 2.21. The maximum absolute atomic E-state index is 12.5. The Morgan fingerprint density at radius 3 is 2.41 bits per heavy atom. The molecule has 1 saturated heterocycles. The first kappa shape index (κ1) is 20.1. The van der Waals surface area contributed by atoms with Gasteiger partial charge in [-0.15, -0.1) is 0 Å². The molecule has 148 valence electrons. The zero-order valence-corrected chi connectivity index (χ0v) is 16.8. The van der Waals surface area contributed by atoms with Crippen LogP contribution in [0.2, 0.25) is 0 Å². The van der Waals surface area contributed by atoms with E-state index in [4.69, 9.17) is 0 Å². The van der Waals surface area contributed by atoms with E-state index in [9.17, 15) is 13.2 Å². The summed E-state index contributed by atoms with van der Waals surface area (Å²) in [5.41, 5.74) is 2.46. The van der Waals surface area contributed by atoms with Crippen LogP contribution in [0, 0.1) is 0 Å². The smallest absolute Gasteiger partial charge is 0.243 e. The van der Waals surface area contributed by atoms with Gasteiger partial charge in [0.25, 0.3) is 0 Å². The normalized spacial score (nSPS) is 18.3. The molecule has 5 nitrogen and oxygen atoms in total. The number of hydrogen-bond acceptors (Lipinski definition) is 3. The Bertz CT molecular complexity index is 763. The molecule has 1 N–H and O–H groups in total. The minimum atomic E-state index is -3.36. The van der Waals surface area contributed by atoms with Gasteiger partial charge in [0.15, 0.2) is 0 Å². The van der Waals surface area contributed by atoms with E-state index in [0.717, 1.165) is 24.8 Å². The molecule has 1 aromatic rings. The lowest BCUT2D eigenvalue weighted by atomic mass is 9.97. The minimum Gasteiger partial charge on any atom is -0.356 e. The van der Waals surface area contributed by atoms with Crippen molar-refractivity contribution in [3.8, 4) is 0 Å². The highest BCUT2D eigenvalue weighted by Gasteiger charge is 2.26. The molecule has 1 aliphatic heterocycles. The Balaban J connectivity index is 1.43. The number of rotatable bonds is 8. The fourth-order valence-electron chi connectivity index (χ4n) is 3.75. The number of carbonyl (C=O) groups is 1. The fraction of sp³-hybridized carbons (Fsp3) is 0.571. The Hall–Kier alpha value is -1.66. The van der Waals surface area contributed by atoms with E-state index in [1.54, 1.807) is 16.4 Å². The van der Waals surface area contributed by atoms with Gasteiger partial charge in [-0.05, 0) is 69.1 Å². The average Bonchev–Trinajstić information content (AvgIpc) is 3.23. The molecule has 0 spiro atoms. The van der Waals surface area contributed by atoms with Crippen LogP contribution in [0.4, 0.5) is 0 Å². The second-order valence-corrected chi connectivity index (χ2v) is 9.40. The van der Waals surface area contributed by atoms with Crippen LogP contribution in [-0.2, 0) is 21.2 Å². The van der Waals surface area contributed by atoms with Crippen LogP contribution in [0.15, 0.2) is 40.8 Å². The summed E-state index contributed by atoms with van der Waals surface area (Å²) in [7, 11) is -3.36. The van der Waals surface area contributed by atoms with Crippen molar-refractivity contribution in [1.29, 1.82) is 0 Å². The standard InChI is InChI=1S/C21H30N2O3S/c24-21(22-15-14-18-6-2-1-3-7-18)13-10-19-8-11-20(12-9-19)27(25,26)23-16-4-5-17-23/h6,8-9,11-12H,1-5,7,10,13-17H2,(H,22,24). The van der Waals surface area contributed by atoms with Gasteiger partial charge in [0.05, 0.1) is 4.90 Å². The second-order valence-electron chi connectivity index (χ2n) is 7.46. The fourth-order valence-corrected chi connectivity index (χ4v) is 5.26. The lowest BCUT2D eigenvalue weighted by Gasteiger charge is -2.15. The molecule has 0 radical (unpaired) electrons. The van der Waals surface area contributed by atoms with Gasteiger partial charge in [-0.1, -0.05) is 23.8 Å². The Morgan fingerprint density at radius 2 is 1.74 bits per heavy atom. The summed E-state index contributed by atoms with van der Waals surface area (Å²) in [5, 5.41) is 2.99. The Morgan fingerprint density at radius 1 is 1.00 bits per heavy atom. The molecule has 0 aromatic heterocycles. The number of sulfonamides is 1. The number of nitrogens with one attached hydrogen (secondary N) is 1. The highest BCUT2D eigenvalue weighted by atomic mass is 32.2. The number of nitrogens with zero attached hydrogens (tertiary/aromatic N) is 1. The molecular formula is C21H30N2O3S. The van der Waals surface area contributed by atoms with E-state index in [0.29, 0.717) is 37.4 Å². The number of benzene rings is 1. The molecule has 0 atom stereocenters. The van der Waals surface area contributed by atoms with Gasteiger partial charge in [0.2, 0.25) is 15.9 Å². The van der Waals surface area contributed by atoms with Crippen molar-refractivity contribution in [2.24, 2.45) is 0 Å². The number of allylic oxidation sites excluding steroid dienone is 1. The number of hydrogen-bond donors (Lipinski definition) is 1. The van der Waals surface area contributed by atoms with Gasteiger partial charge < -0.3 is 5.32 Å². The van der Waals surface area contributed by atoms with Crippen LogP contribution >= 0.6 is 0 Å². The van der Waals surface area contributed by atoms with E-state index in [1.165, 1.54) is 31.3 Å². The number of amides is 1. The van der Waals surface area contributed by atoms with Crippen LogP contribution in [0.5, 0.6) is 0 Å². The average molecular weight is 391 g/mol. The molecule has 1 aromatic carbocycles. The minimum absolute atomic E-state index is 0.0557. The molecule has 1 heterocycles. The van der Waals surface area contributed by atoms with E-state index < -0.39 is 10.0 Å². The SMILES string of the molecule is O=C(CCc1ccc(S(=O)(=O)N2CCCC2)cc1)NCCC1=CCCCC1. The largest absolute Gasteiger partial charge is 0.356 e. The molecule has 2 aliphatic rings. The van der Waals surface area contributed by atoms with Gasteiger partial charge in [-0.2, -0.15) is 4.31 Å². The molecule has 6 heteroatoms. The van der Waals surface area contributed by atoms with Gasteiger partial charge in [-0.3, -0.25) is 4.79 Å². The molecule has 1 amide bonds. The van der Waals surface area contributed by atoms with Crippen molar-refractivity contribution >= 4 is 15.9 Å². The molecule has 27 heavy (non-hydrogen) atoms. The summed E-state index contributed by atoms with van der Waals surface area (Å²) in [6.45, 7) is 1.93. The van der Waals surface area contributed by atoms with Crippen molar-refractivity contribution in [1.82, 2.24) is 9.62 Å². The first-order chi connectivity index (χ1) is 13.1. The van der Waals surface area contributed by atoms with Crippen molar-refractivity contribution in [2.75, 3.05) is 19.6 Å². The first-order valence-electron chi connectivity index (χ1n) is 10.1. The molecular weight excluding hydrogens is 360 g/mol. The third-order valence-corrected chi connectivity index (χ3v) is 7.33. The maximum atomic E-state index is 12.5. The molecule has 0 saturated carbocycles. The van der Waals surface area contributed by atoms with Gasteiger partial charge in [-0.25, -0.2) is 8.42 Å². The summed E-state index contributed by atoms with van der Waals surface area (Å²) in [5.74, 6) is 0.0557. The summed E-state index contributed by atoms with van der Waals surface area (Å²) < 4.78 is 26.6. The third-order valence-electron chi connectivity index (χ3n) is 5.42. The van der Waals surface area contributed by atoms with Crippen LogP contribution in [0.25, 0.3) is 0 Å². The van der Waals surface area contributed by atoms with E-state index in [2.05, 4.69) is 11.4 Å². The molecule has 1 fully saturated rings. The maximum Gasteiger partial charge on any atom is 0.243 e. The van der Waals surface area contributed by atoms with Crippen LogP contribution in [-0.4, -0.2) is 38.3 Å². The molecule has 1 aliphatic carbocycles. The summed E-state index contributed by atoms with van der Waals surface area (Å²) in [4.78, 5) is 12.4.